The van der Waals surface area contributed by atoms with Crippen LogP contribution in [0.4, 0.5) is 5.69 Å². The first-order valence-electron chi connectivity index (χ1n) is 10.9. The standard InChI is InChI=1S/C25H34N2O4/c1-5-7-8-9-10-15-27(20(3)4)23-13-11-21(12-14-23)18-22(19-26)25(29)31-17-16-30-24(28)6-2/h6,11-14,18,20H,2,5,7-10,15-17H2,1,3-4H3/b22-18+. The van der Waals surface area contributed by atoms with Crippen molar-refractivity contribution in [1.29, 1.82) is 5.26 Å². The van der Waals surface area contributed by atoms with Gasteiger partial charge in [0.05, 0.1) is 0 Å². The molecule has 6 nitrogen and oxygen atoms in total. The average Bonchev–Trinajstić information content (AvgIpc) is 2.77. The Morgan fingerprint density at radius 3 is 2.32 bits per heavy atom. The molecule has 0 amide bonds. The van der Waals surface area contributed by atoms with Crippen molar-refractivity contribution in [3.8, 4) is 6.07 Å². The van der Waals surface area contributed by atoms with Crippen LogP contribution in [0.3, 0.4) is 0 Å². The largest absolute Gasteiger partial charge is 0.459 e. The molecule has 0 aromatic heterocycles. The maximum Gasteiger partial charge on any atom is 0.349 e. The van der Waals surface area contributed by atoms with E-state index >= 15 is 0 Å². The van der Waals surface area contributed by atoms with Crippen LogP contribution in [-0.2, 0) is 19.1 Å². The van der Waals surface area contributed by atoms with Gasteiger partial charge in [0, 0.05) is 24.4 Å². The molecule has 1 rings (SSSR count). The molecular formula is C25H34N2O4. The first-order valence-corrected chi connectivity index (χ1v) is 10.9. The lowest BCUT2D eigenvalue weighted by molar-refractivity contribution is -0.146. The molecule has 168 valence electrons. The molecule has 0 saturated heterocycles. The van der Waals surface area contributed by atoms with E-state index in [0.717, 1.165) is 30.3 Å². The van der Waals surface area contributed by atoms with Crippen LogP contribution >= 0.6 is 0 Å². The van der Waals surface area contributed by atoms with Gasteiger partial charge in [-0.2, -0.15) is 5.26 Å². The summed E-state index contributed by atoms with van der Waals surface area (Å²) in [6, 6.07) is 10.0. The fourth-order valence-corrected chi connectivity index (χ4v) is 3.05. The molecule has 0 fully saturated rings. The van der Waals surface area contributed by atoms with Crippen molar-refractivity contribution in [2.45, 2.75) is 58.9 Å². The minimum atomic E-state index is -0.753. The van der Waals surface area contributed by atoms with Gasteiger partial charge in [0.2, 0.25) is 0 Å². The predicted octanol–water partition coefficient (Wildman–Crippen LogP) is 5.05. The molecule has 0 aliphatic carbocycles. The number of unbranched alkanes of at least 4 members (excludes halogenated alkanes) is 4. The summed E-state index contributed by atoms with van der Waals surface area (Å²) >= 11 is 0. The van der Waals surface area contributed by atoms with E-state index in [1.54, 1.807) is 0 Å². The number of ether oxygens (including phenoxy) is 2. The van der Waals surface area contributed by atoms with Gasteiger partial charge in [0.1, 0.15) is 24.9 Å². The van der Waals surface area contributed by atoms with Gasteiger partial charge in [-0.15, -0.1) is 0 Å². The van der Waals surface area contributed by atoms with Crippen LogP contribution in [0, 0.1) is 11.3 Å². The number of carbonyl (C=O) groups excluding carboxylic acids is 2. The highest BCUT2D eigenvalue weighted by Crippen LogP contribution is 2.20. The van der Waals surface area contributed by atoms with E-state index < -0.39 is 11.9 Å². The lowest BCUT2D eigenvalue weighted by Gasteiger charge is -2.29. The molecule has 0 saturated carbocycles. The van der Waals surface area contributed by atoms with Gasteiger partial charge in [-0.1, -0.05) is 51.3 Å². The average molecular weight is 427 g/mol. The van der Waals surface area contributed by atoms with E-state index in [1.165, 1.54) is 31.8 Å². The number of carbonyl (C=O) groups is 2. The normalized spacial score (nSPS) is 11.0. The van der Waals surface area contributed by atoms with Crippen molar-refractivity contribution in [3.05, 3.63) is 48.1 Å². The fourth-order valence-electron chi connectivity index (χ4n) is 3.05. The Labute approximate surface area is 186 Å². The van der Waals surface area contributed by atoms with Crippen LogP contribution in [0.1, 0.15) is 58.4 Å². The van der Waals surface area contributed by atoms with Crippen LogP contribution in [-0.4, -0.2) is 37.7 Å². The molecule has 1 aromatic carbocycles. The smallest absolute Gasteiger partial charge is 0.349 e. The second-order valence-corrected chi connectivity index (χ2v) is 7.47. The van der Waals surface area contributed by atoms with Crippen LogP contribution in [0.25, 0.3) is 6.08 Å². The molecule has 0 atom stereocenters. The van der Waals surface area contributed by atoms with Crippen molar-refractivity contribution < 1.29 is 19.1 Å². The van der Waals surface area contributed by atoms with E-state index in [2.05, 4.69) is 32.3 Å². The lowest BCUT2D eigenvalue weighted by atomic mass is 10.1. The number of esters is 2. The number of nitrogens with zero attached hydrogens (tertiary/aromatic N) is 2. The summed E-state index contributed by atoms with van der Waals surface area (Å²) in [6.45, 7) is 10.6. The van der Waals surface area contributed by atoms with Crippen LogP contribution in [0.5, 0.6) is 0 Å². The minimum Gasteiger partial charge on any atom is -0.459 e. The Bertz CT molecular complexity index is 776. The minimum absolute atomic E-state index is 0.0898. The van der Waals surface area contributed by atoms with Gasteiger partial charge in [-0.05, 0) is 44.0 Å². The van der Waals surface area contributed by atoms with Gasteiger partial charge in [0.15, 0.2) is 0 Å². The summed E-state index contributed by atoms with van der Waals surface area (Å²) in [4.78, 5) is 25.4. The summed E-state index contributed by atoms with van der Waals surface area (Å²) < 4.78 is 9.71. The lowest BCUT2D eigenvalue weighted by Crippen LogP contribution is -2.31. The zero-order valence-electron chi connectivity index (χ0n) is 18.9. The summed E-state index contributed by atoms with van der Waals surface area (Å²) in [5, 5.41) is 9.29. The predicted molar refractivity (Wildman–Crippen MR) is 123 cm³/mol. The Hall–Kier alpha value is -3.07. The van der Waals surface area contributed by atoms with Gasteiger partial charge in [0.25, 0.3) is 0 Å². The molecule has 0 N–H and O–H groups in total. The molecule has 0 unspecified atom stereocenters. The first kappa shape index (κ1) is 26.0. The third-order valence-electron chi connectivity index (χ3n) is 4.73. The van der Waals surface area contributed by atoms with Crippen molar-refractivity contribution in [2.75, 3.05) is 24.7 Å². The molecule has 0 bridgehead atoms. The number of rotatable bonds is 14. The van der Waals surface area contributed by atoms with Gasteiger partial charge >= 0.3 is 11.9 Å². The van der Waals surface area contributed by atoms with Crippen molar-refractivity contribution in [3.63, 3.8) is 0 Å². The Morgan fingerprint density at radius 1 is 1.10 bits per heavy atom. The molecule has 0 heterocycles. The topological polar surface area (TPSA) is 79.6 Å². The van der Waals surface area contributed by atoms with E-state index in [0.29, 0.717) is 6.04 Å². The SMILES string of the molecule is C=CC(=O)OCCOC(=O)/C(C#N)=C/c1ccc(N(CCCCCCC)C(C)C)cc1. The Kier molecular flexibility index (Phi) is 12.4. The maximum absolute atomic E-state index is 12.1. The van der Waals surface area contributed by atoms with E-state index in [9.17, 15) is 14.9 Å². The second-order valence-electron chi connectivity index (χ2n) is 7.47. The summed E-state index contributed by atoms with van der Waals surface area (Å²) in [5.74, 6) is -1.35. The highest BCUT2D eigenvalue weighted by molar-refractivity contribution is 5.97. The monoisotopic (exact) mass is 426 g/mol. The number of hydrogen-bond acceptors (Lipinski definition) is 6. The molecule has 0 radical (unpaired) electrons. The third kappa shape index (κ3) is 9.99. The zero-order valence-corrected chi connectivity index (χ0v) is 18.9. The van der Waals surface area contributed by atoms with Crippen LogP contribution in [0.2, 0.25) is 0 Å². The number of anilines is 1. The number of hydrogen-bond donors (Lipinski definition) is 0. The molecule has 6 heteroatoms. The molecular weight excluding hydrogens is 392 g/mol. The highest BCUT2D eigenvalue weighted by Gasteiger charge is 2.13. The number of benzene rings is 1. The molecule has 0 aliphatic heterocycles. The number of nitriles is 1. The molecule has 1 aromatic rings. The highest BCUT2D eigenvalue weighted by atomic mass is 16.6. The summed E-state index contributed by atoms with van der Waals surface area (Å²) in [5.41, 5.74) is 1.74. The quantitative estimate of drug-likeness (QED) is 0.179. The van der Waals surface area contributed by atoms with Crippen molar-refractivity contribution in [2.24, 2.45) is 0 Å². The van der Waals surface area contributed by atoms with Gasteiger partial charge in [-0.25, -0.2) is 9.59 Å². The van der Waals surface area contributed by atoms with Crippen molar-refractivity contribution >= 4 is 23.7 Å². The van der Waals surface area contributed by atoms with Gasteiger partial charge < -0.3 is 14.4 Å². The molecule has 31 heavy (non-hydrogen) atoms. The van der Waals surface area contributed by atoms with E-state index in [-0.39, 0.29) is 18.8 Å². The fraction of sp³-hybridized carbons (Fsp3) is 0.480. The van der Waals surface area contributed by atoms with Crippen molar-refractivity contribution in [1.82, 2.24) is 0 Å². The maximum atomic E-state index is 12.1. The van der Waals surface area contributed by atoms with E-state index in [4.69, 9.17) is 9.47 Å². The first-order chi connectivity index (χ1) is 14.9. The molecule has 0 aliphatic rings. The second kappa shape index (κ2) is 14.8. The Balaban J connectivity index is 2.70. The van der Waals surface area contributed by atoms with Crippen LogP contribution in [0.15, 0.2) is 42.5 Å². The van der Waals surface area contributed by atoms with Crippen LogP contribution < -0.4 is 4.90 Å². The summed E-state index contributed by atoms with van der Waals surface area (Å²) in [7, 11) is 0. The molecule has 0 spiro atoms. The Morgan fingerprint density at radius 2 is 1.74 bits per heavy atom. The summed E-state index contributed by atoms with van der Waals surface area (Å²) in [6.07, 6.45) is 8.71. The third-order valence-corrected chi connectivity index (χ3v) is 4.73. The van der Waals surface area contributed by atoms with Gasteiger partial charge in [-0.3, -0.25) is 0 Å². The zero-order chi connectivity index (χ0) is 23.1. The van der Waals surface area contributed by atoms with E-state index in [1.807, 2.05) is 30.3 Å².